The van der Waals surface area contributed by atoms with E-state index in [4.69, 9.17) is 9.84 Å². The highest BCUT2D eigenvalue weighted by Gasteiger charge is 2.34. The third kappa shape index (κ3) is 4.22. The van der Waals surface area contributed by atoms with E-state index in [1.807, 2.05) is 48.5 Å². The number of fused-ring (bicyclic) bond motifs is 2. The second kappa shape index (κ2) is 8.97. The molecule has 0 spiro atoms. The number of rotatable bonds is 6. The molecule has 1 atom stereocenters. The second-order valence-corrected chi connectivity index (χ2v) is 8.18. The van der Waals surface area contributed by atoms with Gasteiger partial charge in [-0.1, -0.05) is 36.4 Å². The first-order chi connectivity index (χ1) is 16.5. The molecule has 3 aromatic carbocycles. The number of ether oxygens (including phenoxy) is 1. The van der Waals surface area contributed by atoms with E-state index in [0.717, 1.165) is 22.2 Å². The van der Waals surface area contributed by atoms with E-state index in [2.05, 4.69) is 9.97 Å². The Morgan fingerprint density at radius 2 is 1.88 bits per heavy atom. The van der Waals surface area contributed by atoms with Crippen LogP contribution in [-0.2, 0) is 22.4 Å². The van der Waals surface area contributed by atoms with Gasteiger partial charge in [-0.2, -0.15) is 0 Å². The second-order valence-electron chi connectivity index (χ2n) is 8.18. The lowest BCUT2D eigenvalue weighted by Gasteiger charge is -2.38. The first-order valence-corrected chi connectivity index (χ1v) is 10.9. The number of nitrogens with zero attached hydrogens (tertiary/aromatic N) is 2. The fraction of sp³-hybridized carbons (Fsp3) is 0.192. The third-order valence-electron chi connectivity index (χ3n) is 5.98. The molecule has 1 amide bonds. The van der Waals surface area contributed by atoms with Gasteiger partial charge in [0.15, 0.2) is 6.61 Å². The summed E-state index contributed by atoms with van der Waals surface area (Å²) in [5, 5.41) is 9.08. The summed E-state index contributed by atoms with van der Waals surface area (Å²) in [6.07, 6.45) is 0.702. The Hall–Kier alpha value is -4.20. The number of aromatic nitrogens is 2. The smallest absolute Gasteiger partial charge is 0.341 e. The number of hydrogen-bond donors (Lipinski definition) is 2. The summed E-state index contributed by atoms with van der Waals surface area (Å²) in [4.78, 5) is 34.0. The number of carbonyl (C=O) groups excluding carboxylic acids is 1. The topological polar surface area (TPSA) is 95.5 Å². The van der Waals surface area contributed by atoms with Crippen molar-refractivity contribution < 1.29 is 23.8 Å². The van der Waals surface area contributed by atoms with Gasteiger partial charge in [0, 0.05) is 12.1 Å². The lowest BCUT2D eigenvalue weighted by atomic mass is 9.87. The summed E-state index contributed by atoms with van der Waals surface area (Å²) in [5.74, 6) is -1.04. The number of carboxylic acid groups (broad SMARTS) is 1. The normalized spacial score (nSPS) is 15.2. The number of carbonyl (C=O) groups is 2. The van der Waals surface area contributed by atoms with E-state index in [-0.39, 0.29) is 18.1 Å². The quantitative estimate of drug-likeness (QED) is 0.456. The van der Waals surface area contributed by atoms with Crippen LogP contribution in [0.2, 0.25) is 0 Å². The molecule has 0 aliphatic carbocycles. The average molecular weight is 459 g/mol. The third-order valence-corrected chi connectivity index (χ3v) is 5.98. The van der Waals surface area contributed by atoms with Crippen LogP contribution in [0.3, 0.4) is 0 Å². The standard InChI is InChI=1S/C26H22FN3O4/c27-17-9-10-22(34-15-25(32)33)19(13-17)26-18-6-2-1-5-16(18)11-12-30(26)24(31)14-23-28-20-7-3-4-8-21(20)29-23/h1-10,13,26H,11-12,14-15H2,(H,28,29)(H,32,33). The van der Waals surface area contributed by atoms with Crippen molar-refractivity contribution in [2.75, 3.05) is 13.2 Å². The van der Waals surface area contributed by atoms with Gasteiger partial charge in [0.2, 0.25) is 5.91 Å². The number of aromatic amines is 1. The van der Waals surface area contributed by atoms with Crippen molar-refractivity contribution in [3.63, 3.8) is 0 Å². The largest absolute Gasteiger partial charge is 0.482 e. The van der Waals surface area contributed by atoms with Gasteiger partial charge in [-0.05, 0) is 47.9 Å². The van der Waals surface area contributed by atoms with Gasteiger partial charge in [0.1, 0.15) is 17.4 Å². The lowest BCUT2D eigenvalue weighted by Crippen LogP contribution is -2.41. The number of halogens is 1. The lowest BCUT2D eigenvalue weighted by molar-refractivity contribution is -0.139. The molecule has 0 fully saturated rings. The van der Waals surface area contributed by atoms with Crippen molar-refractivity contribution in [1.82, 2.24) is 14.9 Å². The zero-order chi connectivity index (χ0) is 23.7. The van der Waals surface area contributed by atoms with Crippen molar-refractivity contribution in [3.05, 3.63) is 95.1 Å². The van der Waals surface area contributed by atoms with Gasteiger partial charge >= 0.3 is 5.97 Å². The van der Waals surface area contributed by atoms with E-state index < -0.39 is 24.4 Å². The van der Waals surface area contributed by atoms with Crippen LogP contribution in [0.1, 0.15) is 28.6 Å². The van der Waals surface area contributed by atoms with Gasteiger partial charge in [0.05, 0.1) is 23.5 Å². The predicted molar refractivity (Wildman–Crippen MR) is 123 cm³/mol. The van der Waals surface area contributed by atoms with Gasteiger partial charge in [0.25, 0.3) is 0 Å². The Morgan fingerprint density at radius 3 is 2.71 bits per heavy atom. The molecular formula is C26H22FN3O4. The zero-order valence-electron chi connectivity index (χ0n) is 18.2. The fourth-order valence-electron chi connectivity index (χ4n) is 4.51. The van der Waals surface area contributed by atoms with Gasteiger partial charge < -0.3 is 19.7 Å². The Balaban J connectivity index is 1.54. The average Bonchev–Trinajstić information content (AvgIpc) is 3.24. The molecule has 4 aromatic rings. The van der Waals surface area contributed by atoms with Crippen LogP contribution in [0.4, 0.5) is 4.39 Å². The molecule has 2 heterocycles. The summed E-state index contributed by atoms with van der Waals surface area (Å²) >= 11 is 0. The molecule has 1 aliphatic heterocycles. The van der Waals surface area contributed by atoms with Gasteiger partial charge in [-0.25, -0.2) is 14.2 Å². The Kier molecular flexibility index (Phi) is 5.71. The molecule has 0 radical (unpaired) electrons. The van der Waals surface area contributed by atoms with E-state index in [9.17, 15) is 14.0 Å². The molecule has 1 aliphatic rings. The number of amides is 1. The van der Waals surface area contributed by atoms with Crippen molar-refractivity contribution in [2.24, 2.45) is 0 Å². The number of imidazole rings is 1. The molecule has 2 N–H and O–H groups in total. The highest BCUT2D eigenvalue weighted by molar-refractivity contribution is 5.82. The molecule has 0 saturated carbocycles. The van der Waals surface area contributed by atoms with Crippen molar-refractivity contribution in [2.45, 2.75) is 18.9 Å². The Morgan fingerprint density at radius 1 is 1.09 bits per heavy atom. The maximum Gasteiger partial charge on any atom is 0.341 e. The van der Waals surface area contributed by atoms with E-state index in [1.165, 1.54) is 18.2 Å². The first-order valence-electron chi connectivity index (χ1n) is 10.9. The first kappa shape index (κ1) is 21.6. The number of benzene rings is 3. The maximum absolute atomic E-state index is 14.4. The summed E-state index contributed by atoms with van der Waals surface area (Å²) in [5.41, 5.74) is 3.94. The van der Waals surface area contributed by atoms with Crippen LogP contribution in [0.15, 0.2) is 66.7 Å². The number of H-pyrrole nitrogens is 1. The summed E-state index contributed by atoms with van der Waals surface area (Å²) in [6.45, 7) is -0.143. The minimum atomic E-state index is -1.14. The number of para-hydroxylation sites is 2. The molecule has 0 saturated heterocycles. The number of carboxylic acids is 1. The molecule has 1 aromatic heterocycles. The highest BCUT2D eigenvalue weighted by atomic mass is 19.1. The molecule has 7 nitrogen and oxygen atoms in total. The minimum absolute atomic E-state index is 0.0496. The molecule has 8 heteroatoms. The van der Waals surface area contributed by atoms with Crippen LogP contribution < -0.4 is 4.74 Å². The number of hydrogen-bond acceptors (Lipinski definition) is 4. The fourth-order valence-corrected chi connectivity index (χ4v) is 4.51. The zero-order valence-corrected chi connectivity index (χ0v) is 18.2. The van der Waals surface area contributed by atoms with Crippen molar-refractivity contribution >= 4 is 22.9 Å². The van der Waals surface area contributed by atoms with E-state index in [0.29, 0.717) is 24.4 Å². The van der Waals surface area contributed by atoms with Gasteiger partial charge in [-0.15, -0.1) is 0 Å². The monoisotopic (exact) mass is 459 g/mol. The van der Waals surface area contributed by atoms with Crippen LogP contribution in [0.5, 0.6) is 5.75 Å². The SMILES string of the molecule is O=C(O)COc1ccc(F)cc1C1c2ccccc2CCN1C(=O)Cc1nc2ccccc2[nH]1. The number of aliphatic carboxylic acids is 1. The van der Waals surface area contributed by atoms with E-state index >= 15 is 0 Å². The van der Waals surface area contributed by atoms with Crippen LogP contribution in [0, 0.1) is 5.82 Å². The van der Waals surface area contributed by atoms with Crippen molar-refractivity contribution in [3.8, 4) is 5.75 Å². The van der Waals surface area contributed by atoms with E-state index in [1.54, 1.807) is 4.90 Å². The predicted octanol–water partition coefficient (Wildman–Crippen LogP) is 3.88. The molecule has 0 bridgehead atoms. The van der Waals surface area contributed by atoms with Crippen LogP contribution in [0.25, 0.3) is 11.0 Å². The van der Waals surface area contributed by atoms with Crippen LogP contribution >= 0.6 is 0 Å². The number of nitrogens with one attached hydrogen (secondary N) is 1. The summed E-state index contributed by atoms with van der Waals surface area (Å²) in [7, 11) is 0. The van der Waals surface area contributed by atoms with Gasteiger partial charge in [-0.3, -0.25) is 4.79 Å². The summed E-state index contributed by atoms with van der Waals surface area (Å²) < 4.78 is 19.9. The van der Waals surface area contributed by atoms with Crippen molar-refractivity contribution in [1.29, 1.82) is 0 Å². The minimum Gasteiger partial charge on any atom is -0.482 e. The maximum atomic E-state index is 14.4. The molecule has 34 heavy (non-hydrogen) atoms. The summed E-state index contributed by atoms with van der Waals surface area (Å²) in [6, 6.07) is 18.6. The molecule has 5 rings (SSSR count). The Labute approximate surface area is 194 Å². The Bertz CT molecular complexity index is 1350. The van der Waals surface area contributed by atoms with Crippen LogP contribution in [-0.4, -0.2) is 45.0 Å². The highest BCUT2D eigenvalue weighted by Crippen LogP contribution is 2.40. The molecular weight excluding hydrogens is 437 g/mol. The molecule has 1 unspecified atom stereocenters. The molecule has 172 valence electrons.